The molecule has 1 rings (SSSR count). The van der Waals surface area contributed by atoms with Crippen molar-refractivity contribution in [2.75, 3.05) is 40.5 Å². The van der Waals surface area contributed by atoms with Gasteiger partial charge in [0.05, 0.1) is 18.2 Å². The molecule has 1 aliphatic heterocycles. The van der Waals surface area contributed by atoms with E-state index in [0.29, 0.717) is 12.5 Å². The molecule has 16 heavy (non-hydrogen) atoms. The molecule has 0 radical (unpaired) electrons. The highest BCUT2D eigenvalue weighted by molar-refractivity contribution is 4.96. The van der Waals surface area contributed by atoms with Crippen LogP contribution in [0.2, 0.25) is 0 Å². The zero-order valence-electron chi connectivity index (χ0n) is 11.0. The lowest BCUT2D eigenvalue weighted by Crippen LogP contribution is -2.58. The lowest BCUT2D eigenvalue weighted by atomic mass is 9.93. The lowest BCUT2D eigenvalue weighted by molar-refractivity contribution is -0.0235. The van der Waals surface area contributed by atoms with E-state index in [1.165, 1.54) is 6.42 Å². The average Bonchev–Trinajstić information content (AvgIpc) is 2.76. The largest absolute Gasteiger partial charge is 0.384 e. The van der Waals surface area contributed by atoms with Gasteiger partial charge in [-0.3, -0.25) is 4.90 Å². The molecule has 4 heteroatoms. The van der Waals surface area contributed by atoms with Crippen LogP contribution in [0.25, 0.3) is 0 Å². The fraction of sp³-hybridized carbons (Fsp3) is 1.00. The molecule has 1 aliphatic rings. The van der Waals surface area contributed by atoms with Crippen molar-refractivity contribution in [1.29, 1.82) is 0 Å². The van der Waals surface area contributed by atoms with Crippen LogP contribution < -0.4 is 5.73 Å². The van der Waals surface area contributed by atoms with E-state index in [1.807, 2.05) is 0 Å². The molecule has 2 N–H and O–H groups in total. The Morgan fingerprint density at radius 1 is 1.50 bits per heavy atom. The molecule has 0 spiro atoms. The van der Waals surface area contributed by atoms with Crippen LogP contribution >= 0.6 is 0 Å². The van der Waals surface area contributed by atoms with Gasteiger partial charge >= 0.3 is 0 Å². The summed E-state index contributed by atoms with van der Waals surface area (Å²) in [5.41, 5.74) is 5.87. The molecular weight excluding hydrogens is 204 g/mol. The molecule has 0 aromatic rings. The summed E-state index contributed by atoms with van der Waals surface area (Å²) < 4.78 is 10.7. The van der Waals surface area contributed by atoms with Crippen LogP contribution in [-0.4, -0.2) is 57.0 Å². The Hall–Kier alpha value is -0.160. The number of methoxy groups -OCH3 is 2. The summed E-state index contributed by atoms with van der Waals surface area (Å²) in [5, 5.41) is 0. The van der Waals surface area contributed by atoms with E-state index in [9.17, 15) is 0 Å². The van der Waals surface area contributed by atoms with E-state index >= 15 is 0 Å². The number of rotatable bonds is 6. The number of nitrogens with two attached hydrogens (primary N) is 1. The van der Waals surface area contributed by atoms with Gasteiger partial charge in [-0.15, -0.1) is 0 Å². The van der Waals surface area contributed by atoms with Gasteiger partial charge in [0, 0.05) is 27.3 Å². The van der Waals surface area contributed by atoms with Gasteiger partial charge in [0.15, 0.2) is 0 Å². The Morgan fingerprint density at radius 2 is 2.19 bits per heavy atom. The summed E-state index contributed by atoms with van der Waals surface area (Å²) in [4.78, 5) is 2.45. The minimum Gasteiger partial charge on any atom is -0.384 e. The first kappa shape index (κ1) is 13.9. The van der Waals surface area contributed by atoms with Gasteiger partial charge in [-0.1, -0.05) is 0 Å². The van der Waals surface area contributed by atoms with Crippen molar-refractivity contribution in [3.63, 3.8) is 0 Å². The molecule has 1 fully saturated rings. The number of hydrogen-bond acceptors (Lipinski definition) is 4. The summed E-state index contributed by atoms with van der Waals surface area (Å²) in [6, 6.07) is 0. The van der Waals surface area contributed by atoms with Gasteiger partial charge in [-0.05, 0) is 32.7 Å². The SMILES string of the molecule is COCC1CCN(C(C)(CN)C(C)OC)C1. The minimum atomic E-state index is -0.0583. The summed E-state index contributed by atoms with van der Waals surface area (Å²) in [7, 11) is 3.52. The Kier molecular flexibility index (Phi) is 5.18. The fourth-order valence-corrected chi connectivity index (χ4v) is 2.47. The third kappa shape index (κ3) is 2.74. The van der Waals surface area contributed by atoms with Crippen molar-refractivity contribution in [3.8, 4) is 0 Å². The van der Waals surface area contributed by atoms with Crippen LogP contribution in [-0.2, 0) is 9.47 Å². The summed E-state index contributed by atoms with van der Waals surface area (Å²) in [5.74, 6) is 0.639. The van der Waals surface area contributed by atoms with Crippen molar-refractivity contribution in [1.82, 2.24) is 4.90 Å². The standard InChI is InChI=1S/C12H26N2O2/c1-10(16-4)12(2,9-13)14-6-5-11(7-14)8-15-3/h10-11H,5-9,13H2,1-4H3. The van der Waals surface area contributed by atoms with E-state index in [0.717, 1.165) is 19.7 Å². The second kappa shape index (κ2) is 5.96. The van der Waals surface area contributed by atoms with Gasteiger partial charge in [0.1, 0.15) is 0 Å². The maximum atomic E-state index is 5.93. The van der Waals surface area contributed by atoms with E-state index in [2.05, 4.69) is 18.7 Å². The second-order valence-corrected chi connectivity index (χ2v) is 5.00. The van der Waals surface area contributed by atoms with Crippen LogP contribution in [0.15, 0.2) is 0 Å². The van der Waals surface area contributed by atoms with Gasteiger partial charge in [-0.25, -0.2) is 0 Å². The van der Waals surface area contributed by atoms with Crippen molar-refractivity contribution in [3.05, 3.63) is 0 Å². The van der Waals surface area contributed by atoms with E-state index in [1.54, 1.807) is 14.2 Å². The molecule has 0 aliphatic carbocycles. The predicted molar refractivity (Wildman–Crippen MR) is 65.5 cm³/mol. The molecule has 4 nitrogen and oxygen atoms in total. The maximum Gasteiger partial charge on any atom is 0.0736 e. The molecule has 0 aromatic carbocycles. The monoisotopic (exact) mass is 230 g/mol. The number of likely N-dealkylation sites (tertiary alicyclic amines) is 1. The highest BCUT2D eigenvalue weighted by Gasteiger charge is 2.40. The van der Waals surface area contributed by atoms with Gasteiger partial charge in [0.25, 0.3) is 0 Å². The van der Waals surface area contributed by atoms with Gasteiger partial charge < -0.3 is 15.2 Å². The first-order valence-electron chi connectivity index (χ1n) is 6.05. The van der Waals surface area contributed by atoms with Crippen LogP contribution in [0.3, 0.4) is 0 Å². The van der Waals surface area contributed by atoms with Crippen molar-refractivity contribution < 1.29 is 9.47 Å². The average molecular weight is 230 g/mol. The quantitative estimate of drug-likeness (QED) is 0.730. The summed E-state index contributed by atoms with van der Waals surface area (Å²) in [6.07, 6.45) is 1.35. The Balaban J connectivity index is 2.61. The number of ether oxygens (including phenoxy) is 2. The Labute approximate surface area is 99.1 Å². The maximum absolute atomic E-state index is 5.93. The topological polar surface area (TPSA) is 47.7 Å². The van der Waals surface area contributed by atoms with Gasteiger partial charge in [-0.2, -0.15) is 0 Å². The first-order chi connectivity index (χ1) is 7.58. The third-order valence-electron chi connectivity index (χ3n) is 4.05. The van der Waals surface area contributed by atoms with Crippen molar-refractivity contribution in [2.45, 2.75) is 31.9 Å². The number of hydrogen-bond donors (Lipinski definition) is 1. The molecule has 1 saturated heterocycles. The highest BCUT2D eigenvalue weighted by atomic mass is 16.5. The highest BCUT2D eigenvalue weighted by Crippen LogP contribution is 2.28. The molecule has 96 valence electrons. The van der Waals surface area contributed by atoms with E-state index in [4.69, 9.17) is 15.2 Å². The second-order valence-electron chi connectivity index (χ2n) is 5.00. The predicted octanol–water partition coefficient (Wildman–Crippen LogP) is 0.707. The third-order valence-corrected chi connectivity index (χ3v) is 4.05. The van der Waals surface area contributed by atoms with Crippen LogP contribution in [0.4, 0.5) is 0 Å². The van der Waals surface area contributed by atoms with E-state index in [-0.39, 0.29) is 11.6 Å². The zero-order chi connectivity index (χ0) is 12.2. The summed E-state index contributed by atoms with van der Waals surface area (Å²) in [6.45, 7) is 7.91. The molecule has 0 bridgehead atoms. The normalized spacial score (nSPS) is 27.9. The molecule has 0 amide bonds. The van der Waals surface area contributed by atoms with Crippen LogP contribution in [0.5, 0.6) is 0 Å². The molecule has 0 aromatic heterocycles. The van der Waals surface area contributed by atoms with Gasteiger partial charge in [0.2, 0.25) is 0 Å². The molecule has 3 unspecified atom stereocenters. The van der Waals surface area contributed by atoms with Crippen molar-refractivity contribution >= 4 is 0 Å². The van der Waals surface area contributed by atoms with Crippen LogP contribution in [0.1, 0.15) is 20.3 Å². The minimum absolute atomic E-state index is 0.0583. The Bertz CT molecular complexity index is 213. The Morgan fingerprint density at radius 3 is 2.69 bits per heavy atom. The molecular formula is C12H26N2O2. The molecule has 0 saturated carbocycles. The van der Waals surface area contributed by atoms with Crippen LogP contribution in [0, 0.1) is 5.92 Å². The lowest BCUT2D eigenvalue weighted by Gasteiger charge is -2.42. The smallest absolute Gasteiger partial charge is 0.0736 e. The first-order valence-corrected chi connectivity index (χ1v) is 6.05. The fourth-order valence-electron chi connectivity index (χ4n) is 2.47. The van der Waals surface area contributed by atoms with Crippen molar-refractivity contribution in [2.24, 2.45) is 11.7 Å². The molecule has 3 atom stereocenters. The number of nitrogens with zero attached hydrogens (tertiary/aromatic N) is 1. The molecule has 1 heterocycles. The summed E-state index contributed by atoms with van der Waals surface area (Å²) >= 11 is 0. The zero-order valence-corrected chi connectivity index (χ0v) is 11.0. The van der Waals surface area contributed by atoms with E-state index < -0.39 is 0 Å².